The van der Waals surface area contributed by atoms with E-state index in [4.69, 9.17) is 4.74 Å². The first-order valence-corrected chi connectivity index (χ1v) is 7.22. The fraction of sp³-hybridized carbons (Fsp3) is 0.900. The number of carbonyl (C=O) groups is 1. The smallest absolute Gasteiger partial charge is 0.224 e. The van der Waals surface area contributed by atoms with E-state index in [1.807, 2.05) is 0 Å². The first-order valence-electron chi connectivity index (χ1n) is 5.72. The third kappa shape index (κ3) is 2.28. The van der Waals surface area contributed by atoms with Crippen molar-refractivity contribution in [2.45, 2.75) is 30.9 Å². The molecule has 16 heavy (non-hydrogen) atoms. The molecule has 0 aromatic heterocycles. The van der Waals surface area contributed by atoms with E-state index in [1.165, 1.54) is 4.31 Å². The molecule has 2 aliphatic rings. The summed E-state index contributed by atoms with van der Waals surface area (Å²) in [5.74, 6) is -0.113. The Bertz CT molecular complexity index is 359. The van der Waals surface area contributed by atoms with Gasteiger partial charge >= 0.3 is 0 Å². The van der Waals surface area contributed by atoms with E-state index in [1.54, 1.807) is 0 Å². The molecule has 2 rings (SSSR count). The Morgan fingerprint density at radius 3 is 2.50 bits per heavy atom. The van der Waals surface area contributed by atoms with Gasteiger partial charge in [-0.1, -0.05) is 6.42 Å². The molecule has 6 heteroatoms. The summed E-state index contributed by atoms with van der Waals surface area (Å²) in [7, 11) is -3.43. The zero-order chi connectivity index (χ0) is 11.6. The minimum Gasteiger partial charge on any atom is -0.379 e. The molecule has 1 heterocycles. The average Bonchev–Trinajstić information content (AvgIpc) is 2.30. The summed E-state index contributed by atoms with van der Waals surface area (Å²) in [6.45, 7) is 1.62. The molecular formula is C10H17NO4S. The monoisotopic (exact) mass is 247 g/mol. The second-order valence-corrected chi connectivity index (χ2v) is 6.37. The number of nitrogens with zero attached hydrogens (tertiary/aromatic N) is 1. The van der Waals surface area contributed by atoms with Gasteiger partial charge in [-0.15, -0.1) is 0 Å². The predicted octanol–water partition coefficient (Wildman–Crippen LogP) is 0.160. The lowest BCUT2D eigenvalue weighted by Gasteiger charge is -2.31. The fourth-order valence-corrected chi connectivity index (χ4v) is 4.18. The Kier molecular flexibility index (Phi) is 3.61. The van der Waals surface area contributed by atoms with Crippen molar-refractivity contribution in [1.82, 2.24) is 4.31 Å². The van der Waals surface area contributed by atoms with Crippen molar-refractivity contribution in [2.75, 3.05) is 26.3 Å². The lowest BCUT2D eigenvalue weighted by Crippen LogP contribution is -2.48. The molecule has 0 N–H and O–H groups in total. The van der Waals surface area contributed by atoms with Gasteiger partial charge in [-0.25, -0.2) is 8.42 Å². The molecular weight excluding hydrogens is 230 g/mol. The molecule has 1 saturated carbocycles. The largest absolute Gasteiger partial charge is 0.379 e. The van der Waals surface area contributed by atoms with Gasteiger partial charge in [0, 0.05) is 19.5 Å². The fourth-order valence-electron chi connectivity index (χ4n) is 2.25. The van der Waals surface area contributed by atoms with E-state index < -0.39 is 15.3 Å². The van der Waals surface area contributed by atoms with Crippen molar-refractivity contribution in [3.63, 3.8) is 0 Å². The number of carbonyl (C=O) groups excluding carboxylic acids is 1. The van der Waals surface area contributed by atoms with Gasteiger partial charge in [0.05, 0.1) is 13.2 Å². The Morgan fingerprint density at radius 1 is 1.19 bits per heavy atom. The van der Waals surface area contributed by atoms with Crippen molar-refractivity contribution < 1.29 is 17.9 Å². The van der Waals surface area contributed by atoms with Crippen LogP contribution in [0.1, 0.15) is 25.7 Å². The molecule has 2 fully saturated rings. The quantitative estimate of drug-likeness (QED) is 0.697. The van der Waals surface area contributed by atoms with Crippen LogP contribution in [0.5, 0.6) is 0 Å². The van der Waals surface area contributed by atoms with E-state index in [2.05, 4.69) is 0 Å². The number of ether oxygens (including phenoxy) is 1. The number of rotatable bonds is 2. The van der Waals surface area contributed by atoms with E-state index in [-0.39, 0.29) is 5.78 Å². The maximum atomic E-state index is 12.2. The minimum atomic E-state index is -3.43. The zero-order valence-corrected chi connectivity index (χ0v) is 10.0. The van der Waals surface area contributed by atoms with Crippen LogP contribution in [0.25, 0.3) is 0 Å². The highest BCUT2D eigenvalue weighted by Crippen LogP contribution is 2.24. The molecule has 1 aliphatic carbocycles. The minimum absolute atomic E-state index is 0.113. The van der Waals surface area contributed by atoms with Crippen LogP contribution in [0.15, 0.2) is 0 Å². The summed E-state index contributed by atoms with van der Waals surface area (Å²) in [5.41, 5.74) is 0. The van der Waals surface area contributed by atoms with Crippen molar-refractivity contribution in [3.8, 4) is 0 Å². The van der Waals surface area contributed by atoms with Crippen LogP contribution in [0, 0.1) is 0 Å². The van der Waals surface area contributed by atoms with E-state index in [0.717, 1.165) is 12.8 Å². The van der Waals surface area contributed by atoms with Crippen LogP contribution in [0.3, 0.4) is 0 Å². The topological polar surface area (TPSA) is 63.7 Å². The SMILES string of the molecule is O=C1CCCCC1S(=O)(=O)N1CCOCC1. The van der Waals surface area contributed by atoms with Crippen LogP contribution in [-0.4, -0.2) is 50.1 Å². The number of morpholine rings is 1. The normalized spacial score (nSPS) is 29.2. The highest BCUT2D eigenvalue weighted by Gasteiger charge is 2.38. The van der Waals surface area contributed by atoms with E-state index in [9.17, 15) is 13.2 Å². The van der Waals surface area contributed by atoms with Crippen LogP contribution in [0.2, 0.25) is 0 Å². The molecule has 0 radical (unpaired) electrons. The molecule has 5 nitrogen and oxygen atoms in total. The number of hydrogen-bond acceptors (Lipinski definition) is 4. The van der Waals surface area contributed by atoms with Crippen molar-refractivity contribution >= 4 is 15.8 Å². The van der Waals surface area contributed by atoms with Gasteiger partial charge in [0.15, 0.2) is 5.78 Å². The lowest BCUT2D eigenvalue weighted by molar-refractivity contribution is -0.119. The summed E-state index contributed by atoms with van der Waals surface area (Å²) >= 11 is 0. The van der Waals surface area contributed by atoms with Gasteiger partial charge < -0.3 is 4.74 Å². The lowest BCUT2D eigenvalue weighted by atomic mass is 9.99. The number of hydrogen-bond donors (Lipinski definition) is 0. The average molecular weight is 247 g/mol. The molecule has 0 aromatic rings. The highest BCUT2D eigenvalue weighted by molar-refractivity contribution is 7.90. The first-order chi connectivity index (χ1) is 7.62. The summed E-state index contributed by atoms with van der Waals surface area (Å²) in [5, 5.41) is -0.792. The molecule has 92 valence electrons. The summed E-state index contributed by atoms with van der Waals surface area (Å²) < 4.78 is 30.9. The standard InChI is InChI=1S/C10H17NO4S/c12-9-3-1-2-4-10(9)16(13,14)11-5-7-15-8-6-11/h10H,1-8H2. The van der Waals surface area contributed by atoms with Crippen molar-refractivity contribution in [3.05, 3.63) is 0 Å². The molecule has 0 spiro atoms. The predicted molar refractivity (Wildman–Crippen MR) is 58.6 cm³/mol. The van der Waals surface area contributed by atoms with Gasteiger partial charge in [0.2, 0.25) is 10.0 Å². The van der Waals surface area contributed by atoms with Crippen molar-refractivity contribution in [2.24, 2.45) is 0 Å². The Labute approximate surface area is 95.8 Å². The third-order valence-corrected chi connectivity index (χ3v) is 5.49. The van der Waals surface area contributed by atoms with Gasteiger partial charge in [-0.05, 0) is 12.8 Å². The highest BCUT2D eigenvalue weighted by atomic mass is 32.2. The van der Waals surface area contributed by atoms with Crippen molar-refractivity contribution in [1.29, 1.82) is 0 Å². The molecule has 0 aromatic carbocycles. The summed E-state index contributed by atoms with van der Waals surface area (Å²) in [6, 6.07) is 0. The third-order valence-electron chi connectivity index (χ3n) is 3.19. The van der Waals surface area contributed by atoms with Crippen LogP contribution < -0.4 is 0 Å². The number of ketones is 1. The number of sulfonamides is 1. The molecule has 1 unspecified atom stereocenters. The Hall–Kier alpha value is -0.460. The van der Waals surface area contributed by atoms with Gasteiger partial charge in [-0.3, -0.25) is 4.79 Å². The second-order valence-electron chi connectivity index (χ2n) is 4.26. The first kappa shape index (κ1) is 12.0. The van der Waals surface area contributed by atoms with Gasteiger partial charge in [-0.2, -0.15) is 4.31 Å². The van der Waals surface area contributed by atoms with Crippen LogP contribution >= 0.6 is 0 Å². The Morgan fingerprint density at radius 2 is 1.88 bits per heavy atom. The van der Waals surface area contributed by atoms with E-state index in [0.29, 0.717) is 39.1 Å². The molecule has 0 amide bonds. The maximum Gasteiger partial charge on any atom is 0.224 e. The summed E-state index contributed by atoms with van der Waals surface area (Å²) in [6.07, 6.45) is 2.56. The zero-order valence-electron chi connectivity index (χ0n) is 9.22. The summed E-state index contributed by atoms with van der Waals surface area (Å²) in [4.78, 5) is 11.6. The van der Waals surface area contributed by atoms with Gasteiger partial charge in [0.1, 0.15) is 5.25 Å². The van der Waals surface area contributed by atoms with Crippen LogP contribution in [0.4, 0.5) is 0 Å². The molecule has 1 aliphatic heterocycles. The van der Waals surface area contributed by atoms with Gasteiger partial charge in [0.25, 0.3) is 0 Å². The Balaban J connectivity index is 2.13. The van der Waals surface area contributed by atoms with Crippen LogP contribution in [-0.2, 0) is 19.6 Å². The van der Waals surface area contributed by atoms with E-state index >= 15 is 0 Å². The molecule has 1 saturated heterocycles. The maximum absolute atomic E-state index is 12.2. The second kappa shape index (κ2) is 4.81. The molecule has 0 bridgehead atoms. The molecule has 1 atom stereocenters. The number of Topliss-reactive ketones (excluding diaryl/α,β-unsaturated/α-hetero) is 1.